The monoisotopic (exact) mass is 414 g/mol. The van der Waals surface area contributed by atoms with Gasteiger partial charge in [-0.15, -0.1) is 0 Å². The first-order valence-electron chi connectivity index (χ1n) is 9.43. The Balaban J connectivity index is 1.70. The van der Waals surface area contributed by atoms with Crippen molar-refractivity contribution in [3.63, 3.8) is 0 Å². The lowest BCUT2D eigenvalue weighted by atomic mass is 10.1. The van der Waals surface area contributed by atoms with Gasteiger partial charge in [-0.3, -0.25) is 0 Å². The molecule has 0 fully saturated rings. The van der Waals surface area contributed by atoms with Crippen LogP contribution in [0.1, 0.15) is 0 Å². The number of nitrogens with zero attached hydrogens (tertiary/aromatic N) is 1. The summed E-state index contributed by atoms with van der Waals surface area (Å²) in [5, 5.41) is 1.98. The molecule has 6 heteroatoms. The molecule has 148 valence electrons. The first kappa shape index (κ1) is 18.4. The Morgan fingerprint density at radius 2 is 1.53 bits per heavy atom. The SMILES string of the molecule is CS(=O)(=O)c1ccc(-c2[nH]c(-c3occ4ccccc34)nc2-c2ccccc2)cc1. The summed E-state index contributed by atoms with van der Waals surface area (Å²) in [6.45, 7) is 0. The van der Waals surface area contributed by atoms with Crippen molar-refractivity contribution >= 4 is 20.6 Å². The maximum absolute atomic E-state index is 11.8. The quantitative estimate of drug-likeness (QED) is 0.418. The van der Waals surface area contributed by atoms with Crippen LogP contribution in [0.15, 0.2) is 94.4 Å². The molecular formula is C24H18N2O3S. The maximum Gasteiger partial charge on any atom is 0.177 e. The smallest absolute Gasteiger partial charge is 0.177 e. The number of hydrogen-bond donors (Lipinski definition) is 1. The van der Waals surface area contributed by atoms with Gasteiger partial charge in [-0.05, 0) is 12.1 Å². The van der Waals surface area contributed by atoms with Gasteiger partial charge in [-0.1, -0.05) is 66.7 Å². The number of H-pyrrole nitrogens is 1. The van der Waals surface area contributed by atoms with Gasteiger partial charge in [0, 0.05) is 28.2 Å². The highest BCUT2D eigenvalue weighted by Crippen LogP contribution is 2.36. The summed E-state index contributed by atoms with van der Waals surface area (Å²) in [7, 11) is -3.26. The van der Waals surface area contributed by atoms with Crippen LogP contribution in [-0.4, -0.2) is 24.6 Å². The van der Waals surface area contributed by atoms with Crippen LogP contribution in [0, 0.1) is 0 Å². The zero-order valence-corrected chi connectivity index (χ0v) is 17.0. The number of furan rings is 1. The third kappa shape index (κ3) is 3.21. The van der Waals surface area contributed by atoms with E-state index in [4.69, 9.17) is 9.40 Å². The van der Waals surface area contributed by atoms with Crippen LogP contribution in [0.5, 0.6) is 0 Å². The van der Waals surface area contributed by atoms with Gasteiger partial charge in [-0.2, -0.15) is 0 Å². The fourth-order valence-corrected chi connectivity index (χ4v) is 4.17. The lowest BCUT2D eigenvalue weighted by molar-refractivity contribution is 0.583. The van der Waals surface area contributed by atoms with Gasteiger partial charge >= 0.3 is 0 Å². The third-order valence-electron chi connectivity index (χ3n) is 5.05. The van der Waals surface area contributed by atoms with Gasteiger partial charge in [-0.25, -0.2) is 13.4 Å². The van der Waals surface area contributed by atoms with Crippen molar-refractivity contribution in [1.29, 1.82) is 0 Å². The summed E-state index contributed by atoms with van der Waals surface area (Å²) >= 11 is 0. The van der Waals surface area contributed by atoms with Crippen molar-refractivity contribution in [2.45, 2.75) is 4.90 Å². The Morgan fingerprint density at radius 1 is 0.833 bits per heavy atom. The van der Waals surface area contributed by atoms with Crippen molar-refractivity contribution in [3.8, 4) is 34.1 Å². The summed E-state index contributed by atoms with van der Waals surface area (Å²) in [5.74, 6) is 1.29. The predicted octanol–water partition coefficient (Wildman–Crippen LogP) is 5.56. The molecule has 0 saturated heterocycles. The molecular weight excluding hydrogens is 396 g/mol. The second kappa shape index (κ2) is 7.00. The maximum atomic E-state index is 11.8. The molecule has 0 amide bonds. The predicted molar refractivity (Wildman–Crippen MR) is 118 cm³/mol. The largest absolute Gasteiger partial charge is 0.460 e. The number of benzene rings is 3. The van der Waals surface area contributed by atoms with Crippen LogP contribution in [-0.2, 0) is 9.84 Å². The van der Waals surface area contributed by atoms with Crippen LogP contribution >= 0.6 is 0 Å². The van der Waals surface area contributed by atoms with E-state index < -0.39 is 9.84 Å². The van der Waals surface area contributed by atoms with Gasteiger partial charge < -0.3 is 9.40 Å². The topological polar surface area (TPSA) is 76.0 Å². The van der Waals surface area contributed by atoms with Crippen molar-refractivity contribution in [1.82, 2.24) is 9.97 Å². The average molecular weight is 414 g/mol. The molecule has 1 N–H and O–H groups in total. The van der Waals surface area contributed by atoms with E-state index in [9.17, 15) is 8.42 Å². The summed E-state index contributed by atoms with van der Waals surface area (Å²) in [5.41, 5.74) is 3.38. The first-order valence-corrected chi connectivity index (χ1v) is 11.3. The second-order valence-electron chi connectivity index (χ2n) is 7.12. The molecule has 0 bridgehead atoms. The Labute approximate surface area is 173 Å². The molecule has 0 aliphatic rings. The molecule has 0 unspecified atom stereocenters. The molecule has 0 radical (unpaired) electrons. The van der Waals surface area contributed by atoms with Crippen molar-refractivity contribution < 1.29 is 12.8 Å². The number of aromatic nitrogens is 2. The van der Waals surface area contributed by atoms with Crippen molar-refractivity contribution in [2.24, 2.45) is 0 Å². The fraction of sp³-hybridized carbons (Fsp3) is 0.0417. The molecule has 2 heterocycles. The van der Waals surface area contributed by atoms with E-state index >= 15 is 0 Å². The molecule has 0 spiro atoms. The van der Waals surface area contributed by atoms with Gasteiger partial charge in [0.15, 0.2) is 21.4 Å². The minimum atomic E-state index is -3.26. The van der Waals surface area contributed by atoms with E-state index in [1.807, 2.05) is 54.6 Å². The summed E-state index contributed by atoms with van der Waals surface area (Å²) < 4.78 is 29.5. The molecule has 0 aliphatic carbocycles. The number of nitrogens with one attached hydrogen (secondary N) is 1. The highest BCUT2D eigenvalue weighted by Gasteiger charge is 2.19. The van der Waals surface area contributed by atoms with Crippen LogP contribution in [0.2, 0.25) is 0 Å². The van der Waals surface area contributed by atoms with E-state index in [1.165, 1.54) is 6.26 Å². The minimum absolute atomic E-state index is 0.282. The number of sulfone groups is 1. The normalized spacial score (nSPS) is 11.8. The Morgan fingerprint density at radius 3 is 2.27 bits per heavy atom. The fourth-order valence-electron chi connectivity index (χ4n) is 3.54. The third-order valence-corrected chi connectivity index (χ3v) is 6.17. The first-order chi connectivity index (χ1) is 14.5. The van der Waals surface area contributed by atoms with E-state index in [0.29, 0.717) is 11.6 Å². The summed E-state index contributed by atoms with van der Waals surface area (Å²) in [4.78, 5) is 8.53. The van der Waals surface area contributed by atoms with E-state index in [1.54, 1.807) is 30.5 Å². The van der Waals surface area contributed by atoms with Gasteiger partial charge in [0.2, 0.25) is 0 Å². The lowest BCUT2D eigenvalue weighted by Gasteiger charge is -2.04. The highest BCUT2D eigenvalue weighted by molar-refractivity contribution is 7.90. The van der Waals surface area contributed by atoms with E-state index in [0.717, 1.165) is 33.3 Å². The lowest BCUT2D eigenvalue weighted by Crippen LogP contribution is -1.96. The van der Waals surface area contributed by atoms with Crippen molar-refractivity contribution in [3.05, 3.63) is 85.1 Å². The number of rotatable bonds is 4. The Bertz CT molecular complexity index is 1450. The molecule has 30 heavy (non-hydrogen) atoms. The highest BCUT2D eigenvalue weighted by atomic mass is 32.2. The summed E-state index contributed by atoms with van der Waals surface area (Å²) in [6.07, 6.45) is 2.92. The molecule has 5 rings (SSSR count). The number of aromatic amines is 1. The number of imidazole rings is 1. The zero-order valence-electron chi connectivity index (χ0n) is 16.2. The molecule has 3 aromatic carbocycles. The molecule has 0 aliphatic heterocycles. The Hall–Kier alpha value is -3.64. The van der Waals surface area contributed by atoms with Crippen LogP contribution in [0.25, 0.3) is 44.9 Å². The minimum Gasteiger partial charge on any atom is -0.460 e. The van der Waals surface area contributed by atoms with Crippen LogP contribution in [0.3, 0.4) is 0 Å². The van der Waals surface area contributed by atoms with Gasteiger partial charge in [0.1, 0.15) is 0 Å². The van der Waals surface area contributed by atoms with E-state index in [-0.39, 0.29) is 4.90 Å². The molecule has 5 aromatic rings. The molecule has 2 aromatic heterocycles. The number of fused-ring (bicyclic) bond motifs is 1. The van der Waals surface area contributed by atoms with Crippen LogP contribution in [0.4, 0.5) is 0 Å². The number of hydrogen-bond acceptors (Lipinski definition) is 4. The summed E-state index contributed by atoms with van der Waals surface area (Å²) in [6, 6.07) is 24.6. The van der Waals surface area contributed by atoms with Gasteiger partial charge in [0.25, 0.3) is 0 Å². The zero-order chi connectivity index (χ0) is 20.7. The average Bonchev–Trinajstić information content (AvgIpc) is 3.38. The molecule has 5 nitrogen and oxygen atoms in total. The van der Waals surface area contributed by atoms with Gasteiger partial charge in [0.05, 0.1) is 22.5 Å². The van der Waals surface area contributed by atoms with Crippen LogP contribution < -0.4 is 0 Å². The Kier molecular flexibility index (Phi) is 4.29. The standard InChI is InChI=1S/C24H18N2O3S/c1-30(27,28)19-13-11-17(12-14-19)22-21(16-7-3-2-4-8-16)25-24(26-22)23-20-10-6-5-9-18(20)15-29-23/h2-15H,1H3,(H,25,26). The van der Waals surface area contributed by atoms with E-state index in [2.05, 4.69) is 4.98 Å². The van der Waals surface area contributed by atoms with Crippen molar-refractivity contribution in [2.75, 3.05) is 6.26 Å². The second-order valence-corrected chi connectivity index (χ2v) is 9.14. The molecule has 0 atom stereocenters. The molecule has 0 saturated carbocycles.